The molecule has 9 heteroatoms. The summed E-state index contributed by atoms with van der Waals surface area (Å²) in [6.07, 6.45) is -3.20. The van der Waals surface area contributed by atoms with Gasteiger partial charge in [0, 0.05) is 12.2 Å². The monoisotopic (exact) mass is 312 g/mol. The lowest BCUT2D eigenvalue weighted by molar-refractivity contribution is -0.134. The van der Waals surface area contributed by atoms with Gasteiger partial charge in [-0.25, -0.2) is 9.59 Å². The Kier molecular flexibility index (Phi) is 8.35. The summed E-state index contributed by atoms with van der Waals surface area (Å²) in [5.74, 6) is -2.51. The summed E-state index contributed by atoms with van der Waals surface area (Å²) < 4.78 is 31.1. The summed E-state index contributed by atoms with van der Waals surface area (Å²) in [6, 6.07) is 0. The Morgan fingerprint density at radius 3 is 1.47 bits per heavy atom. The summed E-state index contributed by atoms with van der Waals surface area (Å²) in [5, 5.41) is 15.6. The number of carboxylic acid groups (broad SMARTS) is 2. The number of alkyl halides is 5. The van der Waals surface area contributed by atoms with E-state index >= 15 is 0 Å². The van der Waals surface area contributed by atoms with Crippen molar-refractivity contribution < 1.29 is 33.0 Å². The van der Waals surface area contributed by atoms with Gasteiger partial charge in [0.25, 0.3) is 0 Å². The van der Waals surface area contributed by atoms with Gasteiger partial charge in [0.1, 0.15) is 0 Å². The largest absolute Gasteiger partial charge is 0.478 e. The first-order valence-electron chi connectivity index (χ1n) is 3.06. The average molecular weight is 313 g/mol. The third kappa shape index (κ3) is 16.0. The zero-order valence-corrected chi connectivity index (χ0v) is 9.17. The van der Waals surface area contributed by atoms with Crippen molar-refractivity contribution in [2.45, 2.75) is 10.5 Å². The van der Waals surface area contributed by atoms with Crippen molar-refractivity contribution in [1.82, 2.24) is 0 Å². The van der Waals surface area contributed by atoms with Gasteiger partial charge in [-0.15, -0.1) is 11.6 Å². The van der Waals surface area contributed by atoms with Crippen molar-refractivity contribution in [3.8, 4) is 0 Å². The molecule has 0 radical (unpaired) electrons. The molecule has 4 nitrogen and oxygen atoms in total. The highest BCUT2D eigenvalue weighted by molar-refractivity contribution is 9.10. The molecule has 0 spiro atoms. The molecular formula is C6H5BrClF3O4. The van der Waals surface area contributed by atoms with Crippen LogP contribution in [-0.4, -0.2) is 32.6 Å². The molecule has 0 aliphatic heterocycles. The van der Waals surface area contributed by atoms with E-state index in [1.807, 2.05) is 0 Å². The van der Waals surface area contributed by atoms with E-state index in [1.54, 1.807) is 0 Å². The number of rotatable bonds is 2. The fourth-order valence-electron chi connectivity index (χ4n) is 0.143. The first-order chi connectivity index (χ1) is 6.57. The van der Waals surface area contributed by atoms with Crippen LogP contribution in [0, 0.1) is 0 Å². The standard InChI is InChI=1S/C4H4O4.C2HBrClF3/c5-3(6)1-2-4(7)8;3-1(4)2(5,6)7/h1-2H,(H,5,6)(H,7,8);1H/b2-1+;. The van der Waals surface area contributed by atoms with E-state index in [0.29, 0.717) is 12.2 Å². The molecule has 0 aromatic rings. The summed E-state index contributed by atoms with van der Waals surface area (Å²) >= 11 is 6.68. The van der Waals surface area contributed by atoms with Crippen LogP contribution in [0.4, 0.5) is 13.2 Å². The van der Waals surface area contributed by atoms with E-state index in [1.165, 1.54) is 0 Å². The number of aliphatic carboxylic acids is 2. The molecular weight excluding hydrogens is 308 g/mol. The normalized spacial score (nSPS) is 12.9. The van der Waals surface area contributed by atoms with Crippen LogP contribution < -0.4 is 0 Å². The molecule has 15 heavy (non-hydrogen) atoms. The zero-order chi connectivity index (χ0) is 12.6. The van der Waals surface area contributed by atoms with Crippen molar-refractivity contribution >= 4 is 39.5 Å². The quantitative estimate of drug-likeness (QED) is 0.605. The smallest absolute Gasteiger partial charge is 0.414 e. The minimum Gasteiger partial charge on any atom is -0.478 e. The molecule has 2 N–H and O–H groups in total. The van der Waals surface area contributed by atoms with Crippen molar-refractivity contribution in [2.24, 2.45) is 0 Å². The highest BCUT2D eigenvalue weighted by atomic mass is 79.9. The fraction of sp³-hybridized carbons (Fsp3) is 0.333. The van der Waals surface area contributed by atoms with Crippen LogP contribution >= 0.6 is 27.5 Å². The van der Waals surface area contributed by atoms with Crippen LogP contribution in [0.5, 0.6) is 0 Å². The second kappa shape index (κ2) is 7.52. The third-order valence-corrected chi connectivity index (χ3v) is 1.38. The van der Waals surface area contributed by atoms with Crippen molar-refractivity contribution in [1.29, 1.82) is 0 Å². The summed E-state index contributed by atoms with van der Waals surface area (Å²) in [7, 11) is 0. The SMILES string of the molecule is FC(F)(F)C(Cl)Br.O=C(O)/C=C/C(=O)O. The maximum Gasteiger partial charge on any atom is 0.414 e. The van der Waals surface area contributed by atoms with E-state index in [9.17, 15) is 22.8 Å². The Morgan fingerprint density at radius 2 is 1.40 bits per heavy atom. The highest BCUT2D eigenvalue weighted by Crippen LogP contribution is 2.28. The Balaban J connectivity index is 0. The van der Waals surface area contributed by atoms with E-state index < -0.39 is 22.4 Å². The van der Waals surface area contributed by atoms with Crippen LogP contribution in [0.1, 0.15) is 0 Å². The number of carbonyl (C=O) groups is 2. The van der Waals surface area contributed by atoms with Crippen LogP contribution in [0.3, 0.4) is 0 Å². The first-order valence-corrected chi connectivity index (χ1v) is 4.41. The number of hydrogen-bond donors (Lipinski definition) is 2. The predicted octanol–water partition coefficient (Wildman–Crippen LogP) is 2.22. The molecule has 0 fully saturated rings. The minimum atomic E-state index is -4.32. The van der Waals surface area contributed by atoms with E-state index in [2.05, 4.69) is 27.5 Å². The molecule has 0 aliphatic rings. The van der Waals surface area contributed by atoms with Crippen molar-refractivity contribution in [2.75, 3.05) is 0 Å². The Morgan fingerprint density at radius 1 is 1.20 bits per heavy atom. The van der Waals surface area contributed by atoms with Crippen LogP contribution in [-0.2, 0) is 9.59 Å². The molecule has 0 saturated carbocycles. The van der Waals surface area contributed by atoms with Gasteiger partial charge in [-0.3, -0.25) is 0 Å². The van der Waals surface area contributed by atoms with Gasteiger partial charge >= 0.3 is 18.1 Å². The minimum absolute atomic E-state index is 0.558. The summed E-state index contributed by atoms with van der Waals surface area (Å²) in [4.78, 5) is 19.1. The van der Waals surface area contributed by atoms with Gasteiger partial charge < -0.3 is 10.2 Å². The van der Waals surface area contributed by atoms with Gasteiger partial charge in [0.15, 0.2) is 4.29 Å². The maximum absolute atomic E-state index is 11.0. The molecule has 0 saturated heterocycles. The first kappa shape index (κ1) is 16.7. The molecule has 0 amide bonds. The molecule has 0 bridgehead atoms. The summed E-state index contributed by atoms with van der Waals surface area (Å²) in [5.41, 5.74) is 0. The molecule has 0 aromatic heterocycles. The van der Waals surface area contributed by atoms with Gasteiger partial charge in [0.2, 0.25) is 0 Å². The van der Waals surface area contributed by atoms with Gasteiger partial charge in [0.05, 0.1) is 0 Å². The molecule has 0 heterocycles. The second-order valence-electron chi connectivity index (χ2n) is 1.85. The van der Waals surface area contributed by atoms with Crippen LogP contribution in [0.25, 0.3) is 0 Å². The molecule has 0 aromatic carbocycles. The van der Waals surface area contributed by atoms with Gasteiger partial charge in [-0.1, -0.05) is 15.9 Å². The van der Waals surface area contributed by atoms with Gasteiger partial charge in [-0.2, -0.15) is 13.2 Å². The zero-order valence-electron chi connectivity index (χ0n) is 6.83. The lowest BCUT2D eigenvalue weighted by atomic mass is 10.5. The van der Waals surface area contributed by atoms with E-state index in [0.717, 1.165) is 0 Å². The number of halogens is 5. The van der Waals surface area contributed by atoms with Gasteiger partial charge in [-0.05, 0) is 0 Å². The molecule has 88 valence electrons. The number of hydrogen-bond acceptors (Lipinski definition) is 2. The second-order valence-corrected chi connectivity index (χ2v) is 3.73. The van der Waals surface area contributed by atoms with Crippen molar-refractivity contribution in [3.05, 3.63) is 12.2 Å². The topological polar surface area (TPSA) is 74.6 Å². The Labute approximate surface area is 95.5 Å². The Hall–Kier alpha value is -0.760. The van der Waals surface area contributed by atoms with E-state index in [4.69, 9.17) is 10.2 Å². The predicted molar refractivity (Wildman–Crippen MR) is 49.0 cm³/mol. The molecule has 1 atom stereocenters. The molecule has 0 rings (SSSR count). The van der Waals surface area contributed by atoms with E-state index in [-0.39, 0.29) is 0 Å². The van der Waals surface area contributed by atoms with Crippen LogP contribution in [0.15, 0.2) is 12.2 Å². The molecule has 0 aliphatic carbocycles. The highest BCUT2D eigenvalue weighted by Gasteiger charge is 2.35. The maximum atomic E-state index is 11.0. The summed E-state index contributed by atoms with van der Waals surface area (Å²) in [6.45, 7) is 0. The molecule has 1 unspecified atom stereocenters. The number of carboxylic acids is 2. The lowest BCUT2D eigenvalue weighted by Gasteiger charge is -2.03. The fourth-order valence-corrected chi connectivity index (χ4v) is 0.143. The van der Waals surface area contributed by atoms with Crippen LogP contribution in [0.2, 0.25) is 0 Å². The van der Waals surface area contributed by atoms with Crippen molar-refractivity contribution in [3.63, 3.8) is 0 Å². The third-order valence-electron chi connectivity index (χ3n) is 0.616. The average Bonchev–Trinajstić information content (AvgIpc) is 2.00. The lowest BCUT2D eigenvalue weighted by Crippen LogP contribution is -2.16. The Bertz CT molecular complexity index is 235.